The smallest absolute Gasteiger partial charge is 0.407 e. The Morgan fingerprint density at radius 3 is 2.25 bits per heavy atom. The van der Waals surface area contributed by atoms with Gasteiger partial charge in [-0.25, -0.2) is 4.79 Å². The summed E-state index contributed by atoms with van der Waals surface area (Å²) in [6.07, 6.45) is 15.4. The Bertz CT molecular complexity index is 1180. The summed E-state index contributed by atoms with van der Waals surface area (Å²) in [5.41, 5.74) is 2.28. The lowest BCUT2D eigenvalue weighted by Crippen LogP contribution is -2.51. The van der Waals surface area contributed by atoms with Crippen molar-refractivity contribution in [2.24, 2.45) is 46.3 Å². The standard InChI is InChI=1S/C40H72NO11P/c1-29(2)8-6-9-30(3)35-12-13-36-34-11-10-31-26-33(14-16-39(31,4)37(34)15-17-40(35,36)5)52-38(43)41-18-7-19-47-20-21-48-22-23-49-24-25-50-27-32(42)28-51-53(44,45)46/h10,29-30,32-37,42H,6-9,11-28H2,1-5H3,(H,41,43)(H2,44,45,46)/p-2/t30?,32?,33-,34?,35?,36?,37?,39-,40+/m0/s1. The van der Waals surface area contributed by atoms with E-state index in [-0.39, 0.29) is 37.4 Å². The molecule has 0 saturated heterocycles. The van der Waals surface area contributed by atoms with Crippen LogP contribution in [0.5, 0.6) is 0 Å². The van der Waals surface area contributed by atoms with Crippen molar-refractivity contribution in [2.45, 2.75) is 124 Å². The average Bonchev–Trinajstić information content (AvgIpc) is 3.46. The summed E-state index contributed by atoms with van der Waals surface area (Å²) in [5.74, 6) is 4.92. The van der Waals surface area contributed by atoms with E-state index in [4.69, 9.17) is 23.7 Å². The Hall–Kier alpha value is -1.08. The number of phosphoric ester groups is 1. The van der Waals surface area contributed by atoms with Crippen LogP contribution in [0.4, 0.5) is 4.79 Å². The van der Waals surface area contributed by atoms with E-state index in [1.807, 2.05) is 0 Å². The zero-order valence-corrected chi connectivity index (χ0v) is 34.1. The Morgan fingerprint density at radius 1 is 0.887 bits per heavy atom. The van der Waals surface area contributed by atoms with Crippen LogP contribution in [0.2, 0.25) is 0 Å². The lowest BCUT2D eigenvalue weighted by atomic mass is 9.47. The number of alkyl carbamates (subject to hydrolysis) is 1. The average molecular weight is 772 g/mol. The van der Waals surface area contributed by atoms with Gasteiger partial charge in [-0.2, -0.15) is 0 Å². The van der Waals surface area contributed by atoms with Gasteiger partial charge in [-0.1, -0.05) is 65.5 Å². The molecule has 0 aromatic rings. The number of hydrogen-bond donors (Lipinski definition) is 2. The van der Waals surface area contributed by atoms with Gasteiger partial charge in [0.05, 0.1) is 60.7 Å². The SMILES string of the molecule is CC(C)CCCC(C)C1CCC2C3CC=C4C[C@@H](OC(=O)NCCCOCCOCCOCCOCC(O)COP(=O)([O-])[O-])CC[C@]4(C)C3CC[C@]12C. The van der Waals surface area contributed by atoms with E-state index in [2.05, 4.69) is 50.5 Å². The lowest BCUT2D eigenvalue weighted by Gasteiger charge is -2.58. The van der Waals surface area contributed by atoms with E-state index < -0.39 is 20.5 Å². The highest BCUT2D eigenvalue weighted by Crippen LogP contribution is 2.67. The summed E-state index contributed by atoms with van der Waals surface area (Å²) in [6, 6.07) is 0. The molecule has 308 valence electrons. The third-order valence-electron chi connectivity index (χ3n) is 13.1. The van der Waals surface area contributed by atoms with Crippen LogP contribution in [0.25, 0.3) is 0 Å². The molecule has 1 amide bonds. The molecule has 3 saturated carbocycles. The normalized spacial score (nSPS) is 31.0. The fourth-order valence-corrected chi connectivity index (χ4v) is 10.8. The predicted octanol–water partition coefficient (Wildman–Crippen LogP) is 5.79. The maximum Gasteiger partial charge on any atom is 0.407 e. The van der Waals surface area contributed by atoms with Gasteiger partial charge < -0.3 is 53.0 Å². The second-order valence-corrected chi connectivity index (χ2v) is 18.3. The van der Waals surface area contributed by atoms with Crippen molar-refractivity contribution in [1.82, 2.24) is 5.32 Å². The van der Waals surface area contributed by atoms with E-state index in [0.717, 1.165) is 54.8 Å². The van der Waals surface area contributed by atoms with Crippen LogP contribution >= 0.6 is 7.82 Å². The summed E-state index contributed by atoms with van der Waals surface area (Å²) in [5, 5.41) is 12.4. The maximum absolute atomic E-state index is 12.7. The first-order chi connectivity index (χ1) is 25.2. The third-order valence-corrected chi connectivity index (χ3v) is 13.6. The second kappa shape index (κ2) is 21.4. The van der Waals surface area contributed by atoms with Crippen molar-refractivity contribution in [2.75, 3.05) is 66.0 Å². The molecule has 13 heteroatoms. The number of ether oxygens (including phenoxy) is 5. The van der Waals surface area contributed by atoms with Gasteiger partial charge in [0.2, 0.25) is 0 Å². The van der Waals surface area contributed by atoms with Crippen molar-refractivity contribution in [1.29, 1.82) is 0 Å². The second-order valence-electron chi connectivity index (χ2n) is 17.1. The van der Waals surface area contributed by atoms with E-state index in [1.54, 1.807) is 5.57 Å². The molecule has 0 radical (unpaired) electrons. The molecule has 3 fully saturated rings. The first-order valence-corrected chi connectivity index (χ1v) is 22.0. The summed E-state index contributed by atoms with van der Waals surface area (Å²) in [6.45, 7) is 14.7. The van der Waals surface area contributed by atoms with E-state index in [0.29, 0.717) is 51.4 Å². The molecule has 2 N–H and O–H groups in total. The van der Waals surface area contributed by atoms with Crippen LogP contribution in [-0.4, -0.2) is 89.4 Å². The topological polar surface area (TPSA) is 168 Å². The van der Waals surface area contributed by atoms with Gasteiger partial charge in [-0.3, -0.25) is 0 Å². The fraction of sp³-hybridized carbons (Fsp3) is 0.925. The monoisotopic (exact) mass is 771 g/mol. The number of aliphatic hydroxyl groups is 1. The largest absolute Gasteiger partial charge is 0.790 e. The molecule has 9 atom stereocenters. The number of carbonyl (C=O) groups excluding carboxylic acids is 1. The van der Waals surface area contributed by atoms with Crippen LogP contribution < -0.4 is 15.1 Å². The summed E-state index contributed by atoms with van der Waals surface area (Å²) < 4.78 is 41.8. The Balaban J connectivity index is 1.02. The first kappa shape index (κ1) is 44.6. The Morgan fingerprint density at radius 2 is 1.57 bits per heavy atom. The number of rotatable bonds is 24. The zero-order valence-electron chi connectivity index (χ0n) is 33.2. The quantitative estimate of drug-likeness (QED) is 0.0693. The number of carbonyl (C=O) groups is 1. The van der Waals surface area contributed by atoms with Crippen molar-refractivity contribution in [3.63, 3.8) is 0 Å². The molecule has 0 aromatic carbocycles. The van der Waals surface area contributed by atoms with E-state index in [9.17, 15) is 24.3 Å². The molecule has 53 heavy (non-hydrogen) atoms. The number of phosphoric acid groups is 1. The Kier molecular flexibility index (Phi) is 18.1. The summed E-state index contributed by atoms with van der Waals surface area (Å²) >= 11 is 0. The fourth-order valence-electron chi connectivity index (χ4n) is 10.4. The lowest BCUT2D eigenvalue weighted by molar-refractivity contribution is -0.342. The minimum absolute atomic E-state index is 0.0565. The van der Waals surface area contributed by atoms with Crippen LogP contribution in [0, 0.1) is 46.3 Å². The number of hydrogen-bond acceptors (Lipinski definition) is 11. The van der Waals surface area contributed by atoms with Crippen LogP contribution in [0.15, 0.2) is 11.6 Å². The number of amides is 1. The minimum atomic E-state index is -5.10. The number of aliphatic hydroxyl groups excluding tert-OH is 1. The van der Waals surface area contributed by atoms with Crippen LogP contribution in [-0.2, 0) is 32.8 Å². The van der Waals surface area contributed by atoms with Gasteiger partial charge in [-0.05, 0) is 97.7 Å². The summed E-state index contributed by atoms with van der Waals surface area (Å²) in [7, 11) is -5.10. The highest BCUT2D eigenvalue weighted by atomic mass is 31.2. The number of fused-ring (bicyclic) bond motifs is 5. The molecule has 0 aliphatic heterocycles. The molecule has 4 rings (SSSR count). The number of nitrogens with one attached hydrogen (secondary N) is 1. The van der Waals surface area contributed by atoms with E-state index in [1.165, 1.54) is 51.4 Å². The Labute approximate surface area is 319 Å². The van der Waals surface area contributed by atoms with Crippen molar-refractivity contribution >= 4 is 13.9 Å². The van der Waals surface area contributed by atoms with Gasteiger partial charge in [0.25, 0.3) is 0 Å². The van der Waals surface area contributed by atoms with Gasteiger partial charge in [0.1, 0.15) is 12.2 Å². The van der Waals surface area contributed by atoms with Crippen molar-refractivity contribution in [3.05, 3.63) is 11.6 Å². The van der Waals surface area contributed by atoms with Gasteiger partial charge >= 0.3 is 6.09 Å². The molecule has 12 nitrogen and oxygen atoms in total. The molecular weight excluding hydrogens is 701 g/mol. The van der Waals surface area contributed by atoms with Gasteiger partial charge in [-0.15, -0.1) is 0 Å². The predicted molar refractivity (Wildman–Crippen MR) is 199 cm³/mol. The number of allylic oxidation sites excluding steroid dienone is 1. The zero-order chi connectivity index (χ0) is 38.5. The van der Waals surface area contributed by atoms with Gasteiger partial charge in [0.15, 0.2) is 0 Å². The minimum Gasteiger partial charge on any atom is -0.790 e. The van der Waals surface area contributed by atoms with Crippen LogP contribution in [0.3, 0.4) is 0 Å². The molecular formula is C40H70NO11P-2. The highest BCUT2D eigenvalue weighted by molar-refractivity contribution is 7.43. The molecule has 4 aliphatic rings. The third kappa shape index (κ3) is 13.5. The highest BCUT2D eigenvalue weighted by Gasteiger charge is 2.59. The van der Waals surface area contributed by atoms with E-state index >= 15 is 0 Å². The van der Waals surface area contributed by atoms with Crippen molar-refractivity contribution < 1.29 is 52.5 Å². The molecule has 4 aliphatic carbocycles. The molecule has 0 bridgehead atoms. The first-order valence-electron chi connectivity index (χ1n) is 20.5. The molecule has 0 aromatic heterocycles. The molecule has 0 spiro atoms. The van der Waals surface area contributed by atoms with Gasteiger partial charge in [0, 0.05) is 19.6 Å². The summed E-state index contributed by atoms with van der Waals surface area (Å²) in [4.78, 5) is 33.4. The van der Waals surface area contributed by atoms with Crippen LogP contribution in [0.1, 0.15) is 112 Å². The van der Waals surface area contributed by atoms with Crippen molar-refractivity contribution in [3.8, 4) is 0 Å². The molecule has 6 unspecified atom stereocenters. The maximum atomic E-state index is 12.7. The molecule has 0 heterocycles.